The van der Waals surface area contributed by atoms with E-state index in [0.29, 0.717) is 31.3 Å². The highest BCUT2D eigenvalue weighted by Crippen LogP contribution is 2.38. The number of sulfone groups is 1. The maximum atomic E-state index is 12.6. The van der Waals surface area contributed by atoms with Crippen molar-refractivity contribution in [3.05, 3.63) is 47.8 Å². The van der Waals surface area contributed by atoms with Crippen molar-refractivity contribution in [1.82, 2.24) is 14.9 Å². The van der Waals surface area contributed by atoms with Crippen LogP contribution < -0.4 is 5.32 Å². The Morgan fingerprint density at radius 2 is 2.04 bits per heavy atom. The molecule has 9 heteroatoms. The predicted octanol–water partition coefficient (Wildman–Crippen LogP) is 1.11. The Hall–Kier alpha value is -2.52. The summed E-state index contributed by atoms with van der Waals surface area (Å²) in [6.07, 6.45) is 5.18. The first-order valence-corrected chi connectivity index (χ1v) is 10.5. The SMILES string of the molecule is CS(=O)(=O)c1cccc(CNc2ncc(C(=O)N3CCC34COC4)cn2)c1. The number of carbonyl (C=O) groups excluding carboxylic acids is 1. The Bertz CT molecular complexity index is 966. The minimum absolute atomic E-state index is 0.0723. The quantitative estimate of drug-likeness (QED) is 0.818. The van der Waals surface area contributed by atoms with Gasteiger partial charge in [0, 0.05) is 31.7 Å². The molecule has 2 aliphatic rings. The van der Waals surface area contributed by atoms with E-state index in [1.807, 2.05) is 11.0 Å². The Labute approximate surface area is 157 Å². The number of nitrogens with zero attached hydrogens (tertiary/aromatic N) is 3. The summed E-state index contributed by atoms with van der Waals surface area (Å²) >= 11 is 0. The number of anilines is 1. The minimum Gasteiger partial charge on any atom is -0.376 e. The van der Waals surface area contributed by atoms with Crippen LogP contribution in [0.3, 0.4) is 0 Å². The first kappa shape index (κ1) is 17.9. The number of carbonyl (C=O) groups is 1. The molecule has 27 heavy (non-hydrogen) atoms. The second-order valence-electron chi connectivity index (χ2n) is 6.99. The number of nitrogens with one attached hydrogen (secondary N) is 1. The molecule has 1 N–H and O–H groups in total. The number of rotatable bonds is 5. The van der Waals surface area contributed by atoms with Crippen LogP contribution >= 0.6 is 0 Å². The number of hydrogen-bond acceptors (Lipinski definition) is 7. The fraction of sp³-hybridized carbons (Fsp3) is 0.389. The average Bonchev–Trinajstić information content (AvgIpc) is 2.58. The molecule has 1 spiro atoms. The largest absolute Gasteiger partial charge is 0.376 e. The highest BCUT2D eigenvalue weighted by atomic mass is 32.2. The van der Waals surface area contributed by atoms with Crippen molar-refractivity contribution in [2.24, 2.45) is 0 Å². The molecule has 2 aromatic rings. The summed E-state index contributed by atoms with van der Waals surface area (Å²) in [5.74, 6) is 0.304. The van der Waals surface area contributed by atoms with Gasteiger partial charge < -0.3 is 15.0 Å². The third-order valence-electron chi connectivity index (χ3n) is 5.04. The van der Waals surface area contributed by atoms with Crippen LogP contribution in [0.5, 0.6) is 0 Å². The predicted molar refractivity (Wildman–Crippen MR) is 98.1 cm³/mol. The van der Waals surface area contributed by atoms with E-state index in [0.717, 1.165) is 18.5 Å². The molecule has 2 aliphatic heterocycles. The zero-order valence-corrected chi connectivity index (χ0v) is 15.7. The number of amides is 1. The lowest BCUT2D eigenvalue weighted by molar-refractivity contribution is -0.172. The normalized spacial score (nSPS) is 17.9. The first-order chi connectivity index (χ1) is 12.9. The summed E-state index contributed by atoms with van der Waals surface area (Å²) in [4.78, 5) is 23.1. The summed E-state index contributed by atoms with van der Waals surface area (Å²) in [7, 11) is -3.25. The van der Waals surface area contributed by atoms with Gasteiger partial charge in [-0.25, -0.2) is 18.4 Å². The lowest BCUT2D eigenvalue weighted by Crippen LogP contribution is -2.72. The van der Waals surface area contributed by atoms with Crippen molar-refractivity contribution >= 4 is 21.7 Å². The maximum absolute atomic E-state index is 12.6. The average molecular weight is 388 g/mol. The van der Waals surface area contributed by atoms with E-state index in [1.54, 1.807) is 18.2 Å². The Morgan fingerprint density at radius 3 is 2.59 bits per heavy atom. The van der Waals surface area contributed by atoms with Crippen molar-refractivity contribution in [2.75, 3.05) is 31.3 Å². The van der Waals surface area contributed by atoms with Gasteiger partial charge in [0.05, 0.1) is 29.2 Å². The molecule has 0 saturated carbocycles. The molecule has 3 heterocycles. The Morgan fingerprint density at radius 1 is 1.30 bits per heavy atom. The summed E-state index contributed by atoms with van der Waals surface area (Å²) in [6.45, 7) is 2.32. The van der Waals surface area contributed by atoms with Crippen LogP contribution in [0.15, 0.2) is 41.6 Å². The van der Waals surface area contributed by atoms with E-state index < -0.39 is 9.84 Å². The second-order valence-corrected chi connectivity index (χ2v) is 9.01. The topological polar surface area (TPSA) is 101 Å². The standard InChI is InChI=1S/C18H20N4O4S/c1-27(24,25)15-4-2-3-13(7-15)8-19-17-20-9-14(10-21-17)16(23)22-6-5-18(22)11-26-12-18/h2-4,7,9-10H,5-6,8,11-12H2,1H3,(H,19,20,21). The Balaban J connectivity index is 1.39. The van der Waals surface area contributed by atoms with Crippen molar-refractivity contribution in [2.45, 2.75) is 23.4 Å². The molecule has 4 rings (SSSR count). The molecule has 0 unspecified atom stereocenters. The molecule has 8 nitrogen and oxygen atoms in total. The fourth-order valence-corrected chi connectivity index (χ4v) is 3.94. The van der Waals surface area contributed by atoms with E-state index >= 15 is 0 Å². The van der Waals surface area contributed by atoms with E-state index in [1.165, 1.54) is 18.6 Å². The molecule has 0 bridgehead atoms. The van der Waals surface area contributed by atoms with Crippen LogP contribution in [0.2, 0.25) is 0 Å². The van der Waals surface area contributed by atoms with Crippen LogP contribution in [0.1, 0.15) is 22.3 Å². The third-order valence-corrected chi connectivity index (χ3v) is 6.15. The number of benzene rings is 1. The van der Waals surface area contributed by atoms with Crippen molar-refractivity contribution in [3.8, 4) is 0 Å². The number of likely N-dealkylation sites (tertiary alicyclic amines) is 1. The van der Waals surface area contributed by atoms with E-state index in [9.17, 15) is 13.2 Å². The highest BCUT2D eigenvalue weighted by Gasteiger charge is 2.53. The van der Waals surface area contributed by atoms with Gasteiger partial charge in [-0.1, -0.05) is 12.1 Å². The van der Waals surface area contributed by atoms with Gasteiger partial charge >= 0.3 is 0 Å². The van der Waals surface area contributed by atoms with E-state index in [2.05, 4.69) is 15.3 Å². The van der Waals surface area contributed by atoms with Gasteiger partial charge in [0.1, 0.15) is 0 Å². The van der Waals surface area contributed by atoms with Crippen LogP contribution in [-0.2, 0) is 21.1 Å². The molecule has 2 saturated heterocycles. The molecule has 1 aromatic heterocycles. The molecular weight excluding hydrogens is 368 g/mol. The van der Waals surface area contributed by atoms with Gasteiger partial charge in [0.15, 0.2) is 9.84 Å². The van der Waals surface area contributed by atoms with Gasteiger partial charge in [-0.15, -0.1) is 0 Å². The Kier molecular flexibility index (Phi) is 4.35. The van der Waals surface area contributed by atoms with Crippen LogP contribution in [0, 0.1) is 0 Å². The van der Waals surface area contributed by atoms with E-state index in [4.69, 9.17) is 4.74 Å². The minimum atomic E-state index is -3.25. The van der Waals surface area contributed by atoms with Crippen molar-refractivity contribution < 1.29 is 17.9 Å². The highest BCUT2D eigenvalue weighted by molar-refractivity contribution is 7.90. The van der Waals surface area contributed by atoms with Gasteiger partial charge in [0.2, 0.25) is 5.95 Å². The molecular formula is C18H20N4O4S. The molecule has 1 amide bonds. The summed E-state index contributed by atoms with van der Waals surface area (Å²) in [6, 6.07) is 6.70. The lowest BCUT2D eigenvalue weighted by atomic mass is 9.82. The summed E-state index contributed by atoms with van der Waals surface area (Å²) in [5.41, 5.74) is 1.14. The molecule has 0 aliphatic carbocycles. The number of aromatic nitrogens is 2. The van der Waals surface area contributed by atoms with Crippen molar-refractivity contribution in [1.29, 1.82) is 0 Å². The van der Waals surface area contributed by atoms with E-state index in [-0.39, 0.29) is 16.3 Å². The molecule has 0 radical (unpaired) electrons. The van der Waals surface area contributed by atoms with Gasteiger partial charge in [-0.2, -0.15) is 0 Å². The maximum Gasteiger partial charge on any atom is 0.257 e. The second kappa shape index (κ2) is 6.58. The monoisotopic (exact) mass is 388 g/mol. The number of ether oxygens (including phenoxy) is 1. The lowest BCUT2D eigenvalue weighted by Gasteiger charge is -2.57. The zero-order chi connectivity index (χ0) is 19.1. The first-order valence-electron chi connectivity index (χ1n) is 8.62. The van der Waals surface area contributed by atoms with Crippen molar-refractivity contribution in [3.63, 3.8) is 0 Å². The third kappa shape index (κ3) is 3.40. The fourth-order valence-electron chi connectivity index (χ4n) is 3.25. The molecule has 142 valence electrons. The molecule has 2 fully saturated rings. The van der Waals surface area contributed by atoms with Crippen LogP contribution in [0.4, 0.5) is 5.95 Å². The van der Waals surface area contributed by atoms with Gasteiger partial charge in [-0.05, 0) is 24.1 Å². The van der Waals surface area contributed by atoms with Gasteiger partial charge in [-0.3, -0.25) is 4.79 Å². The van der Waals surface area contributed by atoms with Crippen LogP contribution in [0.25, 0.3) is 0 Å². The smallest absolute Gasteiger partial charge is 0.257 e. The molecule has 1 aromatic carbocycles. The summed E-state index contributed by atoms with van der Waals surface area (Å²) < 4.78 is 28.5. The summed E-state index contributed by atoms with van der Waals surface area (Å²) in [5, 5.41) is 3.04. The van der Waals surface area contributed by atoms with Crippen LogP contribution in [-0.4, -0.2) is 60.7 Å². The number of hydrogen-bond donors (Lipinski definition) is 1. The molecule has 0 atom stereocenters. The zero-order valence-electron chi connectivity index (χ0n) is 14.9. The van der Waals surface area contributed by atoms with Gasteiger partial charge in [0.25, 0.3) is 5.91 Å².